The van der Waals surface area contributed by atoms with Gasteiger partial charge in [0.1, 0.15) is 25.2 Å². The Morgan fingerprint density at radius 2 is 1.91 bits per heavy atom. The van der Waals surface area contributed by atoms with E-state index in [2.05, 4.69) is 24.6 Å². The second-order valence-corrected chi connectivity index (χ2v) is 16.4. The van der Waals surface area contributed by atoms with E-state index in [1.807, 2.05) is 21.7 Å². The quantitative estimate of drug-likeness (QED) is 0.287. The molecule has 0 unspecified atom stereocenters. The Kier molecular flexibility index (Phi) is 7.28. The second kappa shape index (κ2) is 9.92. The molecule has 3 heterocycles. The molecule has 35 heavy (non-hydrogen) atoms. The van der Waals surface area contributed by atoms with E-state index in [1.165, 1.54) is 6.20 Å². The molecule has 4 rings (SSSR count). The first-order chi connectivity index (χ1) is 16.5. The number of ether oxygens (including phenoxy) is 1. The van der Waals surface area contributed by atoms with Crippen LogP contribution in [0.3, 0.4) is 0 Å². The molecule has 7 nitrogen and oxygen atoms in total. The second-order valence-electron chi connectivity index (χ2n) is 10.8. The molecular weight excluding hydrogens is 477 g/mol. The summed E-state index contributed by atoms with van der Waals surface area (Å²) in [5.74, 6) is -0.682. The van der Waals surface area contributed by atoms with Crippen LogP contribution in [0.15, 0.2) is 18.5 Å². The van der Waals surface area contributed by atoms with Crippen LogP contribution < -0.4 is 4.90 Å². The van der Waals surface area contributed by atoms with Crippen LogP contribution >= 0.6 is 0 Å². The summed E-state index contributed by atoms with van der Waals surface area (Å²) in [5.41, 5.74) is 1.46. The highest BCUT2D eigenvalue weighted by Crippen LogP contribution is 2.39. The van der Waals surface area contributed by atoms with Crippen molar-refractivity contribution in [2.24, 2.45) is 5.92 Å². The van der Waals surface area contributed by atoms with Gasteiger partial charge in [0.15, 0.2) is 0 Å². The average molecular weight is 511 g/mol. The van der Waals surface area contributed by atoms with E-state index in [1.54, 1.807) is 0 Å². The number of carbonyl (C=O) groups excluding carboxylic acids is 2. The first-order valence-electron chi connectivity index (χ1n) is 12.1. The number of carbonyl (C=O) groups is 2. The number of hydrogen-bond acceptors (Lipinski definition) is 5. The summed E-state index contributed by atoms with van der Waals surface area (Å²) in [6.07, 6.45) is 2.45. The number of anilines is 1. The Morgan fingerprint density at radius 1 is 1.20 bits per heavy atom. The van der Waals surface area contributed by atoms with Crippen LogP contribution in [0.2, 0.25) is 25.7 Å². The molecule has 1 aliphatic heterocycles. The Morgan fingerprint density at radius 3 is 2.54 bits per heavy atom. The topological polar surface area (TPSA) is 67.7 Å². The monoisotopic (exact) mass is 510 g/mol. The van der Waals surface area contributed by atoms with E-state index in [0.717, 1.165) is 22.6 Å². The number of aromatic nitrogens is 2. The number of fused-ring (bicyclic) bond motifs is 3. The van der Waals surface area contributed by atoms with Gasteiger partial charge in [0.25, 0.3) is 5.91 Å². The van der Waals surface area contributed by atoms with Crippen molar-refractivity contribution in [2.75, 3.05) is 24.7 Å². The molecule has 2 aliphatic rings. The lowest BCUT2D eigenvalue weighted by Crippen LogP contribution is -2.54. The largest absolute Gasteiger partial charge is 0.406 e. The van der Waals surface area contributed by atoms with Gasteiger partial charge in [-0.25, -0.2) is 4.98 Å². The third-order valence-corrected chi connectivity index (χ3v) is 8.56. The molecule has 0 N–H and O–H groups in total. The summed E-state index contributed by atoms with van der Waals surface area (Å²) in [4.78, 5) is 31.5. The minimum atomic E-state index is -4.50. The van der Waals surface area contributed by atoms with E-state index in [0.29, 0.717) is 50.4 Å². The lowest BCUT2D eigenvalue weighted by molar-refractivity contribution is -0.141. The minimum absolute atomic E-state index is 0.0183. The number of alkyl halides is 3. The molecule has 2 aromatic rings. The number of amides is 1. The molecule has 1 amide bonds. The summed E-state index contributed by atoms with van der Waals surface area (Å²) in [6.45, 7) is 6.37. The van der Waals surface area contributed by atoms with Gasteiger partial charge in [-0.1, -0.05) is 19.6 Å². The van der Waals surface area contributed by atoms with Gasteiger partial charge in [-0.05, 0) is 37.8 Å². The van der Waals surface area contributed by atoms with Gasteiger partial charge in [0.2, 0.25) is 0 Å². The molecule has 0 radical (unpaired) electrons. The normalized spacial score (nSPS) is 21.5. The Hall–Kier alpha value is -2.40. The van der Waals surface area contributed by atoms with Gasteiger partial charge >= 0.3 is 6.18 Å². The summed E-state index contributed by atoms with van der Waals surface area (Å²) in [6, 6.07) is 2.84. The molecule has 0 atom stereocenters. The van der Waals surface area contributed by atoms with Crippen LogP contribution in [-0.2, 0) is 16.3 Å². The third-order valence-electron chi connectivity index (χ3n) is 6.86. The van der Waals surface area contributed by atoms with Gasteiger partial charge in [-0.2, -0.15) is 13.2 Å². The van der Waals surface area contributed by atoms with Gasteiger partial charge < -0.3 is 23.9 Å². The molecular formula is C24H33F3N4O3Si. The summed E-state index contributed by atoms with van der Waals surface area (Å²) < 4.78 is 47.5. The van der Waals surface area contributed by atoms with Crippen LogP contribution in [0.1, 0.15) is 36.0 Å². The van der Waals surface area contributed by atoms with E-state index >= 15 is 0 Å². The summed E-state index contributed by atoms with van der Waals surface area (Å²) >= 11 is 0. The molecule has 1 saturated carbocycles. The fourth-order valence-corrected chi connectivity index (χ4v) is 5.67. The fraction of sp³-hybridized carbons (Fsp3) is 0.625. The van der Waals surface area contributed by atoms with Crippen molar-refractivity contribution in [2.45, 2.75) is 70.3 Å². The van der Waals surface area contributed by atoms with Crippen molar-refractivity contribution < 1.29 is 27.5 Å². The molecule has 0 saturated heterocycles. The molecule has 1 fully saturated rings. The highest BCUT2D eigenvalue weighted by Gasteiger charge is 2.41. The molecule has 192 valence electrons. The Balaban J connectivity index is 1.66. The van der Waals surface area contributed by atoms with Crippen molar-refractivity contribution in [3.05, 3.63) is 24.0 Å². The SMILES string of the molecule is C[Si](C)(C)CCOCn1ccc2c3c(cnc21)C(=O)N(CC(F)(F)F)CN3[C@H]1CC[C@H](C=O)CC1. The molecule has 0 spiro atoms. The van der Waals surface area contributed by atoms with Crippen LogP contribution in [0.25, 0.3) is 11.0 Å². The Labute approximate surface area is 204 Å². The lowest BCUT2D eigenvalue weighted by atomic mass is 9.85. The lowest BCUT2D eigenvalue weighted by Gasteiger charge is -2.44. The summed E-state index contributed by atoms with van der Waals surface area (Å²) in [5, 5.41) is 0.730. The van der Waals surface area contributed by atoms with Gasteiger partial charge in [0, 0.05) is 44.4 Å². The minimum Gasteiger partial charge on any atom is -0.361 e. The van der Waals surface area contributed by atoms with Gasteiger partial charge in [-0.3, -0.25) is 4.79 Å². The molecule has 2 aromatic heterocycles. The highest BCUT2D eigenvalue weighted by molar-refractivity contribution is 6.76. The van der Waals surface area contributed by atoms with Crippen LogP contribution in [-0.4, -0.2) is 66.8 Å². The number of nitrogens with zero attached hydrogens (tertiary/aromatic N) is 4. The predicted molar refractivity (Wildman–Crippen MR) is 130 cm³/mol. The maximum Gasteiger partial charge on any atom is 0.406 e. The van der Waals surface area contributed by atoms with Crippen LogP contribution in [0, 0.1) is 5.92 Å². The van der Waals surface area contributed by atoms with Crippen molar-refractivity contribution in [3.8, 4) is 0 Å². The number of pyridine rings is 1. The zero-order valence-electron chi connectivity index (χ0n) is 20.5. The number of hydrogen-bond donors (Lipinski definition) is 0. The van der Waals surface area contributed by atoms with E-state index < -0.39 is 26.7 Å². The maximum absolute atomic E-state index is 13.3. The molecule has 0 aromatic carbocycles. The third kappa shape index (κ3) is 5.88. The Bertz CT molecular complexity index is 1070. The zero-order chi connectivity index (χ0) is 25.4. The smallest absolute Gasteiger partial charge is 0.361 e. The van der Waals surface area contributed by atoms with Crippen molar-refractivity contribution >= 4 is 37.0 Å². The van der Waals surface area contributed by atoms with Crippen LogP contribution in [0.5, 0.6) is 0 Å². The van der Waals surface area contributed by atoms with E-state index in [-0.39, 0.29) is 24.2 Å². The van der Waals surface area contributed by atoms with E-state index in [9.17, 15) is 22.8 Å². The van der Waals surface area contributed by atoms with Crippen molar-refractivity contribution in [1.82, 2.24) is 14.5 Å². The highest BCUT2D eigenvalue weighted by atomic mass is 28.3. The van der Waals surface area contributed by atoms with E-state index in [4.69, 9.17) is 4.74 Å². The number of halogens is 3. The molecule has 1 aliphatic carbocycles. The first kappa shape index (κ1) is 25.7. The van der Waals surface area contributed by atoms with Gasteiger partial charge in [-0.15, -0.1) is 0 Å². The summed E-state index contributed by atoms with van der Waals surface area (Å²) in [7, 11) is -1.22. The fourth-order valence-electron chi connectivity index (χ4n) is 4.91. The average Bonchev–Trinajstić information content (AvgIpc) is 3.20. The molecule has 0 bridgehead atoms. The maximum atomic E-state index is 13.3. The molecule has 11 heteroatoms. The standard InChI is InChI=1S/C24H33F3N4O3Si/c1-35(2,3)11-10-34-16-29-9-8-19-21-20(12-28-22(19)29)23(33)30(14-24(25,26)27)15-31(21)18-6-4-17(13-32)5-7-18/h8-9,12-13,17-18H,4-7,10-11,14-16H2,1-3H3/t17-,18-. The number of rotatable bonds is 8. The van der Waals surface area contributed by atoms with Gasteiger partial charge in [0.05, 0.1) is 17.9 Å². The first-order valence-corrected chi connectivity index (χ1v) is 15.8. The van der Waals surface area contributed by atoms with Crippen molar-refractivity contribution in [3.63, 3.8) is 0 Å². The van der Waals surface area contributed by atoms with Crippen molar-refractivity contribution in [1.29, 1.82) is 0 Å². The predicted octanol–water partition coefficient (Wildman–Crippen LogP) is 4.89. The van der Waals surface area contributed by atoms with Crippen LogP contribution in [0.4, 0.5) is 18.9 Å². The zero-order valence-corrected chi connectivity index (χ0v) is 21.5. The number of aldehydes is 1.